The Morgan fingerprint density at radius 3 is 1.65 bits per heavy atom. The molecule has 0 saturated carbocycles. The van der Waals surface area contributed by atoms with Gasteiger partial charge in [0.2, 0.25) is 0 Å². The molecule has 0 aliphatic heterocycles. The number of hydrogen-bond donors (Lipinski definition) is 0. The Morgan fingerprint density at radius 1 is 0.622 bits per heavy atom. The Bertz CT molecular complexity index is 1340. The maximum atomic E-state index is 12.6. The van der Waals surface area contributed by atoms with E-state index in [0.717, 1.165) is 24.0 Å². The zero-order chi connectivity index (χ0) is 26.2. The number of carbonyl (C=O) groups is 1. The fourth-order valence-electron chi connectivity index (χ4n) is 4.62. The number of ether oxygens (including phenoxy) is 2. The third-order valence-corrected chi connectivity index (χ3v) is 6.17. The van der Waals surface area contributed by atoms with E-state index >= 15 is 0 Å². The molecule has 0 spiro atoms. The lowest BCUT2D eigenvalue weighted by Crippen LogP contribution is -2.17. The van der Waals surface area contributed by atoms with Gasteiger partial charge in [-0.05, 0) is 82.3 Å². The monoisotopic (exact) mass is 492 g/mol. The maximum Gasteiger partial charge on any atom is 0.349 e. The molecule has 0 amide bonds. The van der Waals surface area contributed by atoms with Gasteiger partial charge < -0.3 is 9.47 Å². The number of esters is 1. The first-order chi connectivity index (χ1) is 17.9. The molecule has 0 atom stereocenters. The summed E-state index contributed by atoms with van der Waals surface area (Å²) < 4.78 is 11.5. The zero-order valence-corrected chi connectivity index (χ0v) is 22.2. The summed E-state index contributed by atoms with van der Waals surface area (Å²) in [7, 11) is 0. The molecule has 0 radical (unpaired) electrons. The van der Waals surface area contributed by atoms with E-state index in [-0.39, 0.29) is 6.61 Å². The molecule has 3 nitrogen and oxygen atoms in total. The van der Waals surface area contributed by atoms with Crippen molar-refractivity contribution in [2.24, 2.45) is 11.8 Å². The molecule has 0 N–H and O–H groups in total. The van der Waals surface area contributed by atoms with Crippen molar-refractivity contribution in [3.8, 4) is 33.8 Å². The summed E-state index contributed by atoms with van der Waals surface area (Å²) in [4.78, 5) is 12.6. The lowest BCUT2D eigenvalue weighted by atomic mass is 9.94. The predicted octanol–water partition coefficient (Wildman–Crippen LogP) is 8.40. The van der Waals surface area contributed by atoms with Gasteiger partial charge in [-0.3, -0.25) is 0 Å². The van der Waals surface area contributed by atoms with E-state index in [1.807, 2.05) is 36.4 Å². The number of benzene rings is 4. The van der Waals surface area contributed by atoms with Gasteiger partial charge in [0, 0.05) is 0 Å². The molecule has 0 aliphatic rings. The standard InChI is InChI=1S/C34H36O3/c1-24(2)19-26-11-5-7-17-32(26)28-13-9-15-30(21-28)36-23-34(35)37-31-16-10-14-29(22-31)33-18-8-6-12-27(33)20-25(3)4/h5-18,21-22,24-25H,19-20,23H2,1-4H3. The number of hydrogen-bond acceptors (Lipinski definition) is 3. The van der Waals surface area contributed by atoms with Crippen LogP contribution in [0.4, 0.5) is 0 Å². The van der Waals surface area contributed by atoms with Gasteiger partial charge in [-0.25, -0.2) is 4.79 Å². The Hall–Kier alpha value is -3.85. The van der Waals surface area contributed by atoms with E-state index in [1.54, 1.807) is 6.07 Å². The second kappa shape index (κ2) is 12.4. The van der Waals surface area contributed by atoms with Gasteiger partial charge in [0.15, 0.2) is 6.61 Å². The molecule has 0 bridgehead atoms. The molecule has 0 aromatic heterocycles. The van der Waals surface area contributed by atoms with Crippen LogP contribution in [0.5, 0.6) is 11.5 Å². The van der Waals surface area contributed by atoms with Gasteiger partial charge in [0.25, 0.3) is 0 Å². The van der Waals surface area contributed by atoms with E-state index in [1.165, 1.54) is 22.3 Å². The SMILES string of the molecule is CC(C)Cc1ccccc1-c1cccc(OCC(=O)Oc2cccc(-c3ccccc3CC(C)C)c2)c1. The highest BCUT2D eigenvalue weighted by Crippen LogP contribution is 2.30. The summed E-state index contributed by atoms with van der Waals surface area (Å²) in [6.07, 6.45) is 2.00. The van der Waals surface area contributed by atoms with E-state index in [4.69, 9.17) is 9.47 Å². The molecule has 0 heterocycles. The van der Waals surface area contributed by atoms with Gasteiger partial charge in [-0.1, -0.05) is 100 Å². The van der Waals surface area contributed by atoms with Crippen LogP contribution in [0.25, 0.3) is 22.3 Å². The quantitative estimate of drug-likeness (QED) is 0.165. The van der Waals surface area contributed by atoms with Gasteiger partial charge in [-0.2, -0.15) is 0 Å². The van der Waals surface area contributed by atoms with E-state index in [0.29, 0.717) is 23.3 Å². The van der Waals surface area contributed by atoms with Gasteiger partial charge in [0.1, 0.15) is 11.5 Å². The first-order valence-corrected chi connectivity index (χ1v) is 13.1. The van der Waals surface area contributed by atoms with Crippen LogP contribution < -0.4 is 9.47 Å². The molecule has 4 aromatic carbocycles. The average molecular weight is 493 g/mol. The average Bonchev–Trinajstić information content (AvgIpc) is 2.88. The minimum Gasteiger partial charge on any atom is -0.482 e. The molecule has 4 aromatic rings. The zero-order valence-electron chi connectivity index (χ0n) is 22.2. The van der Waals surface area contributed by atoms with Gasteiger partial charge >= 0.3 is 5.97 Å². The molecule has 3 heteroatoms. The number of carbonyl (C=O) groups excluding carboxylic acids is 1. The van der Waals surface area contributed by atoms with Crippen molar-refractivity contribution in [1.82, 2.24) is 0 Å². The first-order valence-electron chi connectivity index (χ1n) is 13.1. The highest BCUT2D eigenvalue weighted by atomic mass is 16.6. The van der Waals surface area contributed by atoms with Crippen LogP contribution in [0.2, 0.25) is 0 Å². The Labute approximate surface area is 221 Å². The van der Waals surface area contributed by atoms with Crippen molar-refractivity contribution >= 4 is 5.97 Å². The summed E-state index contributed by atoms with van der Waals surface area (Å²) in [5, 5.41) is 0. The summed E-state index contributed by atoms with van der Waals surface area (Å²) in [6, 6.07) is 32.4. The minimum absolute atomic E-state index is 0.161. The van der Waals surface area contributed by atoms with E-state index in [2.05, 4.69) is 82.3 Å². The van der Waals surface area contributed by atoms with Crippen LogP contribution in [0.3, 0.4) is 0 Å². The van der Waals surface area contributed by atoms with Crippen molar-refractivity contribution in [2.45, 2.75) is 40.5 Å². The third-order valence-electron chi connectivity index (χ3n) is 6.17. The van der Waals surface area contributed by atoms with Crippen molar-refractivity contribution in [3.05, 3.63) is 108 Å². The van der Waals surface area contributed by atoms with Crippen molar-refractivity contribution < 1.29 is 14.3 Å². The number of rotatable bonds is 10. The van der Waals surface area contributed by atoms with Crippen LogP contribution in [-0.2, 0) is 17.6 Å². The Balaban J connectivity index is 1.42. The molecule has 4 rings (SSSR count). The highest BCUT2D eigenvalue weighted by Gasteiger charge is 2.12. The lowest BCUT2D eigenvalue weighted by Gasteiger charge is -2.14. The van der Waals surface area contributed by atoms with Crippen LogP contribution in [0.15, 0.2) is 97.1 Å². The summed E-state index contributed by atoms with van der Waals surface area (Å²) in [5.74, 6) is 1.85. The van der Waals surface area contributed by atoms with Crippen LogP contribution >= 0.6 is 0 Å². The highest BCUT2D eigenvalue weighted by molar-refractivity contribution is 5.76. The molecule has 0 fully saturated rings. The minimum atomic E-state index is -0.432. The summed E-state index contributed by atoms with van der Waals surface area (Å²) >= 11 is 0. The molecule has 37 heavy (non-hydrogen) atoms. The molecule has 0 unspecified atom stereocenters. The fraction of sp³-hybridized carbons (Fsp3) is 0.265. The Kier molecular flexibility index (Phi) is 8.79. The second-order valence-corrected chi connectivity index (χ2v) is 10.3. The van der Waals surface area contributed by atoms with Crippen LogP contribution in [-0.4, -0.2) is 12.6 Å². The van der Waals surface area contributed by atoms with E-state index in [9.17, 15) is 4.79 Å². The normalized spacial score (nSPS) is 11.1. The van der Waals surface area contributed by atoms with Crippen molar-refractivity contribution in [3.63, 3.8) is 0 Å². The maximum absolute atomic E-state index is 12.6. The van der Waals surface area contributed by atoms with Crippen molar-refractivity contribution in [2.75, 3.05) is 6.61 Å². The van der Waals surface area contributed by atoms with Gasteiger partial charge in [-0.15, -0.1) is 0 Å². The topological polar surface area (TPSA) is 35.5 Å². The fourth-order valence-corrected chi connectivity index (χ4v) is 4.62. The van der Waals surface area contributed by atoms with Crippen LogP contribution in [0.1, 0.15) is 38.8 Å². The van der Waals surface area contributed by atoms with Gasteiger partial charge in [0.05, 0.1) is 0 Å². The second-order valence-electron chi connectivity index (χ2n) is 10.3. The van der Waals surface area contributed by atoms with E-state index < -0.39 is 5.97 Å². The Morgan fingerprint density at radius 2 is 1.11 bits per heavy atom. The molecule has 0 aliphatic carbocycles. The molecular weight excluding hydrogens is 456 g/mol. The first kappa shape index (κ1) is 26.2. The summed E-state index contributed by atoms with van der Waals surface area (Å²) in [5.41, 5.74) is 7.08. The molecular formula is C34H36O3. The summed E-state index contributed by atoms with van der Waals surface area (Å²) in [6.45, 7) is 8.72. The third kappa shape index (κ3) is 7.33. The lowest BCUT2D eigenvalue weighted by molar-refractivity contribution is -0.136. The largest absolute Gasteiger partial charge is 0.482 e. The predicted molar refractivity (Wildman–Crippen MR) is 152 cm³/mol. The smallest absolute Gasteiger partial charge is 0.349 e. The molecule has 190 valence electrons. The molecule has 0 saturated heterocycles. The van der Waals surface area contributed by atoms with Crippen LogP contribution in [0, 0.1) is 11.8 Å². The van der Waals surface area contributed by atoms with Crippen molar-refractivity contribution in [1.29, 1.82) is 0 Å².